The van der Waals surface area contributed by atoms with Crippen LogP contribution in [-0.2, 0) is 14.3 Å². The first kappa shape index (κ1) is 13.8. The molecule has 0 heterocycles. The minimum absolute atomic E-state index is 0.0769. The molecule has 94 valence electrons. The van der Waals surface area contributed by atoms with Gasteiger partial charge in [0, 0.05) is 5.57 Å². The zero-order chi connectivity index (χ0) is 13.7. The Kier molecular flexibility index (Phi) is 4.54. The molecule has 0 aliphatic carbocycles. The third kappa shape index (κ3) is 3.13. The number of ketones is 1. The van der Waals surface area contributed by atoms with E-state index in [9.17, 15) is 14.0 Å². The highest BCUT2D eigenvalue weighted by Gasteiger charge is 2.20. The number of hydrogen-bond acceptors (Lipinski definition) is 3. The number of Topliss-reactive ketones (excluding diaryl/α,β-unsaturated/α-hetero) is 1. The van der Waals surface area contributed by atoms with Gasteiger partial charge in [-0.05, 0) is 24.6 Å². The van der Waals surface area contributed by atoms with E-state index in [1.165, 1.54) is 24.3 Å². The van der Waals surface area contributed by atoms with Gasteiger partial charge < -0.3 is 4.74 Å². The fourth-order valence-electron chi connectivity index (χ4n) is 1.28. The number of esters is 1. The Hall–Kier alpha value is -2.23. The van der Waals surface area contributed by atoms with Gasteiger partial charge in [0.25, 0.3) is 0 Å². The lowest BCUT2D eigenvalue weighted by atomic mass is 9.99. The molecule has 0 aliphatic heterocycles. The van der Waals surface area contributed by atoms with Crippen LogP contribution in [0.2, 0.25) is 0 Å². The van der Waals surface area contributed by atoms with Crippen LogP contribution in [-0.4, -0.2) is 18.4 Å². The molecule has 1 aromatic rings. The number of allylic oxidation sites excluding steroid dienone is 1. The molecule has 0 amide bonds. The normalized spacial score (nSPS) is 9.67. The Morgan fingerprint density at radius 3 is 2.28 bits per heavy atom. The van der Waals surface area contributed by atoms with Crippen molar-refractivity contribution >= 4 is 17.3 Å². The maximum absolute atomic E-state index is 12.7. The van der Waals surface area contributed by atoms with Crippen molar-refractivity contribution in [2.24, 2.45) is 0 Å². The average molecular weight is 248 g/mol. The summed E-state index contributed by atoms with van der Waals surface area (Å²) in [6, 6.07) is 5.24. The number of halogens is 1. The van der Waals surface area contributed by atoms with E-state index >= 15 is 0 Å². The van der Waals surface area contributed by atoms with Crippen molar-refractivity contribution in [3.05, 3.63) is 54.4 Å². The highest BCUT2D eigenvalue weighted by molar-refractivity contribution is 6.36. The molecule has 4 heteroatoms. The number of carbonyl (C=O) groups is 2. The SMILES string of the molecule is C=C(C(=O)OCC)C(=O)C(=C)c1ccc(F)cc1. The van der Waals surface area contributed by atoms with Crippen molar-refractivity contribution in [3.63, 3.8) is 0 Å². The number of rotatable bonds is 5. The average Bonchev–Trinajstić information content (AvgIpc) is 2.37. The lowest BCUT2D eigenvalue weighted by Gasteiger charge is -2.07. The van der Waals surface area contributed by atoms with Crippen LogP contribution in [0, 0.1) is 5.82 Å². The fraction of sp³-hybridized carbons (Fsp3) is 0.143. The molecule has 0 atom stereocenters. The first-order chi connectivity index (χ1) is 8.47. The Morgan fingerprint density at radius 2 is 1.78 bits per heavy atom. The number of hydrogen-bond donors (Lipinski definition) is 0. The van der Waals surface area contributed by atoms with E-state index in [1.807, 2.05) is 0 Å². The summed E-state index contributed by atoms with van der Waals surface area (Å²) in [6.07, 6.45) is 0. The van der Waals surface area contributed by atoms with Crippen molar-refractivity contribution in [1.82, 2.24) is 0 Å². The lowest BCUT2D eigenvalue weighted by Crippen LogP contribution is -2.15. The maximum Gasteiger partial charge on any atom is 0.341 e. The van der Waals surface area contributed by atoms with E-state index in [2.05, 4.69) is 17.9 Å². The van der Waals surface area contributed by atoms with Crippen LogP contribution in [0.4, 0.5) is 4.39 Å². The summed E-state index contributed by atoms with van der Waals surface area (Å²) in [6.45, 7) is 8.75. The van der Waals surface area contributed by atoms with Crippen LogP contribution in [0.5, 0.6) is 0 Å². The molecular weight excluding hydrogens is 235 g/mol. The van der Waals surface area contributed by atoms with Crippen molar-refractivity contribution in [2.75, 3.05) is 6.61 Å². The molecule has 0 aromatic heterocycles. The van der Waals surface area contributed by atoms with Gasteiger partial charge in [0.05, 0.1) is 6.61 Å². The summed E-state index contributed by atoms with van der Waals surface area (Å²) < 4.78 is 17.4. The van der Waals surface area contributed by atoms with Gasteiger partial charge in [0.1, 0.15) is 11.4 Å². The van der Waals surface area contributed by atoms with Crippen molar-refractivity contribution in [2.45, 2.75) is 6.92 Å². The molecule has 3 nitrogen and oxygen atoms in total. The minimum atomic E-state index is -0.772. The molecule has 1 rings (SSSR count). The number of ether oxygens (including phenoxy) is 1. The molecule has 0 unspecified atom stereocenters. The van der Waals surface area contributed by atoms with Gasteiger partial charge in [-0.1, -0.05) is 25.3 Å². The molecule has 0 saturated heterocycles. The molecular formula is C14H13FO3. The summed E-state index contributed by atoms with van der Waals surface area (Å²) in [5, 5.41) is 0. The van der Waals surface area contributed by atoms with Crippen LogP contribution in [0.25, 0.3) is 5.57 Å². The van der Waals surface area contributed by atoms with Gasteiger partial charge in [-0.2, -0.15) is 0 Å². The zero-order valence-electron chi connectivity index (χ0n) is 10.0. The fourth-order valence-corrected chi connectivity index (χ4v) is 1.28. The first-order valence-corrected chi connectivity index (χ1v) is 5.33. The third-order valence-corrected chi connectivity index (χ3v) is 2.26. The Bertz CT molecular complexity index is 500. The first-order valence-electron chi connectivity index (χ1n) is 5.33. The second-order valence-electron chi connectivity index (χ2n) is 3.51. The third-order valence-electron chi connectivity index (χ3n) is 2.26. The van der Waals surface area contributed by atoms with Crippen LogP contribution in [0.3, 0.4) is 0 Å². The summed E-state index contributed by atoms with van der Waals surface area (Å²) in [7, 11) is 0. The highest BCUT2D eigenvalue weighted by Crippen LogP contribution is 2.17. The van der Waals surface area contributed by atoms with Gasteiger partial charge >= 0.3 is 5.97 Å². The quantitative estimate of drug-likeness (QED) is 0.348. The summed E-state index contributed by atoms with van der Waals surface area (Å²) >= 11 is 0. The van der Waals surface area contributed by atoms with Gasteiger partial charge in [0.2, 0.25) is 0 Å². The Labute approximate surface area is 105 Å². The summed E-state index contributed by atoms with van der Waals surface area (Å²) in [4.78, 5) is 23.2. The molecule has 1 aromatic carbocycles. The molecule has 0 radical (unpaired) electrons. The smallest absolute Gasteiger partial charge is 0.341 e. The van der Waals surface area contributed by atoms with Gasteiger partial charge in [-0.25, -0.2) is 9.18 Å². The van der Waals surface area contributed by atoms with Crippen LogP contribution >= 0.6 is 0 Å². The Morgan fingerprint density at radius 1 is 1.22 bits per heavy atom. The number of benzene rings is 1. The molecule has 0 aliphatic rings. The van der Waals surface area contributed by atoms with Gasteiger partial charge in [0.15, 0.2) is 5.78 Å². The molecule has 0 bridgehead atoms. The standard InChI is InChI=1S/C14H13FO3/c1-4-18-14(17)10(3)13(16)9(2)11-5-7-12(15)8-6-11/h5-8H,2-4H2,1H3. The van der Waals surface area contributed by atoms with Crippen LogP contribution in [0.1, 0.15) is 12.5 Å². The van der Waals surface area contributed by atoms with Crippen molar-refractivity contribution in [3.8, 4) is 0 Å². The second-order valence-corrected chi connectivity index (χ2v) is 3.51. The summed E-state index contributed by atoms with van der Waals surface area (Å²) in [5.74, 6) is -1.80. The van der Waals surface area contributed by atoms with Gasteiger partial charge in [-0.3, -0.25) is 4.79 Å². The van der Waals surface area contributed by atoms with E-state index in [0.717, 1.165) is 0 Å². The molecule has 18 heavy (non-hydrogen) atoms. The van der Waals surface area contributed by atoms with E-state index in [-0.39, 0.29) is 17.8 Å². The Balaban J connectivity index is 2.84. The van der Waals surface area contributed by atoms with Gasteiger partial charge in [-0.15, -0.1) is 0 Å². The minimum Gasteiger partial charge on any atom is -0.462 e. The highest BCUT2D eigenvalue weighted by atomic mass is 19.1. The largest absolute Gasteiger partial charge is 0.462 e. The predicted octanol–water partition coefficient (Wildman–Crippen LogP) is 2.53. The van der Waals surface area contributed by atoms with E-state index in [0.29, 0.717) is 5.56 Å². The van der Waals surface area contributed by atoms with Crippen LogP contribution < -0.4 is 0 Å². The van der Waals surface area contributed by atoms with E-state index < -0.39 is 17.6 Å². The van der Waals surface area contributed by atoms with Crippen molar-refractivity contribution < 1.29 is 18.7 Å². The van der Waals surface area contributed by atoms with Crippen LogP contribution in [0.15, 0.2) is 43.0 Å². The number of carbonyl (C=O) groups excluding carboxylic acids is 2. The molecule has 0 spiro atoms. The second kappa shape index (κ2) is 5.91. The zero-order valence-corrected chi connectivity index (χ0v) is 10.0. The summed E-state index contributed by atoms with van der Waals surface area (Å²) in [5.41, 5.74) is 0.228. The molecule has 0 N–H and O–H groups in total. The lowest BCUT2D eigenvalue weighted by molar-refractivity contribution is -0.139. The van der Waals surface area contributed by atoms with E-state index in [4.69, 9.17) is 0 Å². The van der Waals surface area contributed by atoms with E-state index in [1.54, 1.807) is 6.92 Å². The monoisotopic (exact) mass is 248 g/mol. The topological polar surface area (TPSA) is 43.4 Å². The molecule has 0 fully saturated rings. The predicted molar refractivity (Wildman–Crippen MR) is 66.2 cm³/mol. The van der Waals surface area contributed by atoms with Crippen molar-refractivity contribution in [1.29, 1.82) is 0 Å². The maximum atomic E-state index is 12.7. The molecule has 0 saturated carbocycles.